The van der Waals surface area contributed by atoms with Crippen LogP contribution in [0.15, 0.2) is 71.8 Å². The molecule has 0 fully saturated rings. The van der Waals surface area contributed by atoms with Crippen LogP contribution in [-0.2, 0) is 0 Å². The Morgan fingerprint density at radius 2 is 1.06 bits per heavy atom. The monoisotopic (exact) mass is 236 g/mol. The first-order valence-corrected chi connectivity index (χ1v) is 6.07. The molecule has 0 radical (unpaired) electrons. The molecule has 0 aliphatic rings. The highest BCUT2D eigenvalue weighted by molar-refractivity contribution is 5.64. The van der Waals surface area contributed by atoms with E-state index in [9.17, 15) is 0 Å². The van der Waals surface area contributed by atoms with Gasteiger partial charge in [-0.1, -0.05) is 72.8 Å². The first kappa shape index (κ1) is 9.90. The van der Waals surface area contributed by atoms with E-state index in [4.69, 9.17) is 2.74 Å². The fourth-order valence-corrected chi connectivity index (χ4v) is 1.66. The summed E-state index contributed by atoms with van der Waals surface area (Å²) in [7, 11) is 0. The van der Waals surface area contributed by atoms with Crippen molar-refractivity contribution in [2.75, 3.05) is 0 Å². The molecule has 2 aromatic carbocycles. The molecule has 0 N–H and O–H groups in total. The highest BCUT2D eigenvalue weighted by Crippen LogP contribution is 2.16. The first-order valence-electron chi connectivity index (χ1n) is 7.07. The molecule has 18 heavy (non-hydrogen) atoms. The molecule has 0 atom stereocenters. The van der Waals surface area contributed by atoms with Gasteiger partial charge in [0.15, 0.2) is 0 Å². The molecule has 0 amide bonds. The molecule has 0 bridgehead atoms. The van der Waals surface area contributed by atoms with Gasteiger partial charge in [-0.25, -0.2) is 0 Å². The van der Waals surface area contributed by atoms with Crippen LogP contribution in [0, 0.1) is 0 Å². The largest absolute Gasteiger partial charge is 0.0632 e. The van der Waals surface area contributed by atoms with Crippen molar-refractivity contribution in [2.45, 2.75) is 13.8 Å². The Morgan fingerprint density at radius 3 is 1.39 bits per heavy atom. The number of hydrogen-bond acceptors (Lipinski definition) is 0. The summed E-state index contributed by atoms with van der Waals surface area (Å²) in [6, 6.07) is 20.2. The highest BCUT2D eigenvalue weighted by atomic mass is 14.0. The number of hydrogen-bond donors (Lipinski definition) is 0. The van der Waals surface area contributed by atoms with Crippen molar-refractivity contribution in [3.8, 4) is 0 Å². The second-order valence-electron chi connectivity index (χ2n) is 4.23. The van der Waals surface area contributed by atoms with Gasteiger partial charge < -0.3 is 0 Å². The van der Waals surface area contributed by atoms with Crippen LogP contribution in [0.3, 0.4) is 0 Å². The van der Waals surface area contributed by atoms with Crippen molar-refractivity contribution in [2.24, 2.45) is 0 Å². The van der Waals surface area contributed by atoms with Gasteiger partial charge in [0, 0.05) is 0 Å². The van der Waals surface area contributed by atoms with Crippen LogP contribution in [0.2, 0.25) is 0 Å². The highest BCUT2D eigenvalue weighted by Gasteiger charge is 1.95. The van der Waals surface area contributed by atoms with Crippen molar-refractivity contribution >= 4 is 12.1 Å². The molecule has 0 spiro atoms. The lowest BCUT2D eigenvalue weighted by Gasteiger charge is -2.03. The van der Waals surface area contributed by atoms with Crippen LogP contribution in [0.1, 0.15) is 27.7 Å². The fourth-order valence-electron chi connectivity index (χ4n) is 1.66. The molecule has 0 saturated heterocycles. The summed E-state index contributed by atoms with van der Waals surface area (Å²) in [4.78, 5) is 0. The summed E-state index contributed by atoms with van der Waals surface area (Å²) in [5.41, 5.74) is 3.44. The van der Waals surface area contributed by atoms with Crippen LogP contribution >= 0.6 is 0 Å². The van der Waals surface area contributed by atoms with Crippen molar-refractivity contribution in [3.05, 3.63) is 82.9 Å². The van der Waals surface area contributed by atoms with E-state index < -0.39 is 0 Å². The third-order valence-electron chi connectivity index (χ3n) is 2.77. The van der Waals surface area contributed by atoms with Gasteiger partial charge in [0.05, 0.1) is 2.74 Å². The minimum Gasteiger partial charge on any atom is -0.0622 e. The molecule has 0 aliphatic carbocycles. The Morgan fingerprint density at radius 1 is 0.722 bits per heavy atom. The van der Waals surface area contributed by atoms with Crippen LogP contribution in [-0.4, -0.2) is 0 Å². The Hall–Kier alpha value is -2.08. The van der Waals surface area contributed by atoms with Crippen LogP contribution < -0.4 is 0 Å². The van der Waals surface area contributed by atoms with Gasteiger partial charge in [0.25, 0.3) is 0 Å². The zero-order chi connectivity index (χ0) is 14.5. The first-order chi connectivity index (χ1) is 9.61. The standard InChI is InChI=1S/C18H18/c1-15(13-17-9-5-3-6-10-17)16(2)14-18-11-7-4-8-12-18/h3-14H,1-2H3/i13D,14D. The lowest BCUT2D eigenvalue weighted by atomic mass is 10.0. The van der Waals surface area contributed by atoms with Crippen LogP contribution in [0.25, 0.3) is 12.1 Å². The van der Waals surface area contributed by atoms with Crippen molar-refractivity contribution < 1.29 is 2.74 Å². The van der Waals surface area contributed by atoms with Gasteiger partial charge >= 0.3 is 0 Å². The van der Waals surface area contributed by atoms with Gasteiger partial charge in [-0.3, -0.25) is 0 Å². The van der Waals surface area contributed by atoms with Crippen LogP contribution in [0.4, 0.5) is 0 Å². The SMILES string of the molecule is [2H]C(=C(C)C(C)=C([2H])c1ccccc1)c1ccccc1. The van der Waals surface area contributed by atoms with Gasteiger partial charge in [0.2, 0.25) is 0 Å². The lowest BCUT2D eigenvalue weighted by molar-refractivity contribution is 1.38. The molecule has 2 rings (SSSR count). The van der Waals surface area contributed by atoms with Crippen molar-refractivity contribution in [3.63, 3.8) is 0 Å². The van der Waals surface area contributed by atoms with Gasteiger partial charge in [0.1, 0.15) is 0 Å². The summed E-state index contributed by atoms with van der Waals surface area (Å²) in [6.45, 7) is 3.81. The van der Waals surface area contributed by atoms with Gasteiger partial charge in [-0.2, -0.15) is 0 Å². The van der Waals surface area contributed by atoms with E-state index in [0.717, 1.165) is 22.3 Å². The topological polar surface area (TPSA) is 0 Å². The van der Waals surface area contributed by atoms with Gasteiger partial charge in [-0.05, 0) is 36.1 Å². The summed E-state index contributed by atoms with van der Waals surface area (Å²) in [5.74, 6) is 0. The molecule has 0 unspecified atom stereocenters. The molecule has 0 heterocycles. The van der Waals surface area contributed by atoms with E-state index in [0.29, 0.717) is 12.1 Å². The summed E-state index contributed by atoms with van der Waals surface area (Å²) in [5, 5.41) is 0. The summed E-state index contributed by atoms with van der Waals surface area (Å²) < 4.78 is 16.5. The Balaban J connectivity index is 2.44. The lowest BCUT2D eigenvalue weighted by Crippen LogP contribution is -1.81. The van der Waals surface area contributed by atoms with E-state index in [1.54, 1.807) is 0 Å². The maximum Gasteiger partial charge on any atom is 0.0632 e. The number of allylic oxidation sites excluding steroid dienone is 2. The third-order valence-corrected chi connectivity index (χ3v) is 2.77. The zero-order valence-electron chi connectivity index (χ0n) is 12.8. The maximum atomic E-state index is 8.27. The number of rotatable bonds is 3. The van der Waals surface area contributed by atoms with E-state index in [-0.39, 0.29) is 0 Å². The Bertz CT molecular complexity index is 578. The predicted molar refractivity (Wildman–Crippen MR) is 80.2 cm³/mol. The quantitative estimate of drug-likeness (QED) is 0.643. The molecule has 0 aliphatic heterocycles. The smallest absolute Gasteiger partial charge is 0.0622 e. The summed E-state index contributed by atoms with van der Waals surface area (Å²) in [6.07, 6.45) is 0. The zero-order valence-corrected chi connectivity index (χ0v) is 10.8. The second kappa shape index (κ2) is 6.02. The van der Waals surface area contributed by atoms with Crippen LogP contribution in [0.5, 0.6) is 0 Å². The average Bonchev–Trinajstić information content (AvgIpc) is 2.53. The second-order valence-corrected chi connectivity index (χ2v) is 4.23. The number of benzene rings is 2. The van der Waals surface area contributed by atoms with E-state index in [1.807, 2.05) is 74.5 Å². The molecular weight excluding hydrogens is 216 g/mol. The van der Waals surface area contributed by atoms with Crippen molar-refractivity contribution in [1.29, 1.82) is 0 Å². The van der Waals surface area contributed by atoms with Crippen molar-refractivity contribution in [1.82, 2.24) is 0 Å². The molecule has 0 nitrogen and oxygen atoms in total. The van der Waals surface area contributed by atoms with E-state index >= 15 is 0 Å². The van der Waals surface area contributed by atoms with Gasteiger partial charge in [-0.15, -0.1) is 0 Å². The maximum absolute atomic E-state index is 8.27. The third kappa shape index (κ3) is 3.46. The molecule has 0 saturated carbocycles. The molecule has 2 aromatic rings. The van der Waals surface area contributed by atoms with E-state index in [2.05, 4.69) is 0 Å². The Labute approximate surface area is 112 Å². The minimum absolute atomic E-state index is 0.476. The fraction of sp³-hybridized carbons (Fsp3) is 0.111. The molecule has 0 aromatic heterocycles. The van der Waals surface area contributed by atoms with E-state index in [1.165, 1.54) is 0 Å². The Kier molecular flexibility index (Phi) is 3.31. The molecular formula is C18H18. The predicted octanol–water partition coefficient (Wildman–Crippen LogP) is 5.19. The normalized spacial score (nSPS) is 15.2. The molecule has 0 heteroatoms. The average molecular weight is 236 g/mol. The summed E-state index contributed by atoms with van der Waals surface area (Å²) >= 11 is 0. The molecule has 90 valence electrons. The minimum atomic E-state index is 0.476.